The van der Waals surface area contributed by atoms with Crippen LogP contribution >= 0.6 is 11.8 Å². The van der Waals surface area contributed by atoms with Crippen molar-refractivity contribution in [3.8, 4) is 11.5 Å². The van der Waals surface area contributed by atoms with Gasteiger partial charge < -0.3 is 9.47 Å². The van der Waals surface area contributed by atoms with Crippen LogP contribution in [0.5, 0.6) is 11.5 Å². The smallest absolute Gasteiger partial charge is 0.293 e. The highest BCUT2D eigenvalue weighted by molar-refractivity contribution is 8.18. The summed E-state index contributed by atoms with van der Waals surface area (Å²) in [6, 6.07) is 13.1. The number of para-hydroxylation sites is 3. The van der Waals surface area contributed by atoms with Crippen LogP contribution in [0.3, 0.4) is 0 Å². The molecule has 0 atom stereocenters. The summed E-state index contributed by atoms with van der Waals surface area (Å²) in [5, 5.41) is 10.7. The highest BCUT2D eigenvalue weighted by atomic mass is 32.2. The number of benzene rings is 2. The Morgan fingerprint density at radius 3 is 2.50 bits per heavy atom. The summed E-state index contributed by atoms with van der Waals surface area (Å²) in [6.45, 7) is 0.147. The van der Waals surface area contributed by atoms with E-state index >= 15 is 0 Å². The monoisotopic (exact) mass is 400 g/mol. The molecule has 1 fully saturated rings. The van der Waals surface area contributed by atoms with E-state index in [0.29, 0.717) is 11.5 Å². The van der Waals surface area contributed by atoms with Gasteiger partial charge in [-0.1, -0.05) is 24.3 Å². The molecule has 0 unspecified atom stereocenters. The van der Waals surface area contributed by atoms with Gasteiger partial charge >= 0.3 is 0 Å². The Balaban J connectivity index is 1.69. The number of ether oxygens (including phenoxy) is 2. The number of amides is 2. The number of carbonyl (C=O) groups is 2. The van der Waals surface area contributed by atoms with E-state index in [1.54, 1.807) is 30.3 Å². The van der Waals surface area contributed by atoms with Crippen molar-refractivity contribution in [1.29, 1.82) is 0 Å². The maximum absolute atomic E-state index is 12.5. The average Bonchev–Trinajstić information content (AvgIpc) is 2.96. The Morgan fingerprint density at radius 2 is 1.79 bits per heavy atom. The van der Waals surface area contributed by atoms with E-state index in [1.807, 2.05) is 0 Å². The summed E-state index contributed by atoms with van der Waals surface area (Å²) in [7, 11) is 1.52. The van der Waals surface area contributed by atoms with Crippen molar-refractivity contribution >= 4 is 34.7 Å². The van der Waals surface area contributed by atoms with E-state index in [2.05, 4.69) is 0 Å². The predicted octanol–water partition coefficient (Wildman–Crippen LogP) is 3.72. The van der Waals surface area contributed by atoms with Gasteiger partial charge in [0.15, 0.2) is 11.5 Å². The normalized spacial score (nSPS) is 15.2. The molecule has 0 bridgehead atoms. The van der Waals surface area contributed by atoms with Crippen LogP contribution in [-0.4, -0.2) is 41.2 Å². The topological polar surface area (TPSA) is 99.0 Å². The van der Waals surface area contributed by atoms with Gasteiger partial charge in [-0.3, -0.25) is 24.6 Å². The second-order valence-electron chi connectivity index (χ2n) is 5.65. The molecule has 3 rings (SSSR count). The molecule has 8 nitrogen and oxygen atoms in total. The van der Waals surface area contributed by atoms with Crippen molar-refractivity contribution in [2.45, 2.75) is 0 Å². The summed E-state index contributed by atoms with van der Waals surface area (Å²) >= 11 is 0.747. The standard InChI is InChI=1S/C19H16N2O6S/c1-26-15-8-4-5-9-16(15)27-11-10-20-18(22)17(28-19(20)23)12-13-6-2-3-7-14(13)21(24)25/h2-9,12H,10-11H2,1H3/b17-12-. The molecule has 2 aromatic rings. The molecule has 1 aliphatic rings. The Morgan fingerprint density at radius 1 is 1.11 bits per heavy atom. The third-order valence-corrected chi connectivity index (χ3v) is 4.84. The van der Waals surface area contributed by atoms with Crippen molar-refractivity contribution in [3.63, 3.8) is 0 Å². The molecular formula is C19H16N2O6S. The van der Waals surface area contributed by atoms with E-state index in [-0.39, 0.29) is 29.3 Å². The molecule has 0 radical (unpaired) electrons. The van der Waals surface area contributed by atoms with Gasteiger partial charge in [0.25, 0.3) is 16.8 Å². The van der Waals surface area contributed by atoms with Crippen LogP contribution in [0.1, 0.15) is 5.56 Å². The molecule has 0 aromatic heterocycles. The van der Waals surface area contributed by atoms with Gasteiger partial charge in [0.05, 0.1) is 29.0 Å². The Labute approximate surface area is 164 Å². The Bertz CT molecular complexity index is 959. The third-order valence-electron chi connectivity index (χ3n) is 3.94. The number of hydrogen-bond acceptors (Lipinski definition) is 7. The summed E-state index contributed by atoms with van der Waals surface area (Å²) in [4.78, 5) is 36.5. The van der Waals surface area contributed by atoms with E-state index in [4.69, 9.17) is 9.47 Å². The molecule has 1 heterocycles. The number of methoxy groups -OCH3 is 1. The molecule has 0 saturated carbocycles. The molecule has 1 saturated heterocycles. The molecule has 144 valence electrons. The van der Waals surface area contributed by atoms with Gasteiger partial charge in [-0.15, -0.1) is 0 Å². The lowest BCUT2D eigenvalue weighted by Gasteiger charge is -2.14. The van der Waals surface area contributed by atoms with Crippen LogP contribution in [-0.2, 0) is 4.79 Å². The first-order chi connectivity index (χ1) is 13.5. The summed E-state index contributed by atoms with van der Waals surface area (Å²) in [6.07, 6.45) is 1.37. The third kappa shape index (κ3) is 4.15. The number of nitrogens with zero attached hydrogens (tertiary/aromatic N) is 2. The fraction of sp³-hybridized carbons (Fsp3) is 0.158. The van der Waals surface area contributed by atoms with Gasteiger partial charge in [-0.2, -0.15) is 0 Å². The highest BCUT2D eigenvalue weighted by Crippen LogP contribution is 2.34. The van der Waals surface area contributed by atoms with E-state index in [9.17, 15) is 19.7 Å². The Kier molecular flexibility index (Phi) is 5.95. The Hall–Kier alpha value is -3.33. The lowest BCUT2D eigenvalue weighted by Crippen LogP contribution is -2.32. The number of nitro groups is 1. The molecule has 2 amide bonds. The van der Waals surface area contributed by atoms with Crippen molar-refractivity contribution in [1.82, 2.24) is 4.90 Å². The molecule has 0 N–H and O–H groups in total. The zero-order chi connectivity index (χ0) is 20.1. The van der Waals surface area contributed by atoms with Gasteiger partial charge in [0.1, 0.15) is 6.61 Å². The van der Waals surface area contributed by atoms with Gasteiger partial charge in [0.2, 0.25) is 0 Å². The lowest BCUT2D eigenvalue weighted by atomic mass is 10.1. The first kappa shape index (κ1) is 19.4. The fourth-order valence-electron chi connectivity index (χ4n) is 2.59. The zero-order valence-electron chi connectivity index (χ0n) is 14.9. The largest absolute Gasteiger partial charge is 0.493 e. The minimum absolute atomic E-state index is 0.0525. The number of imide groups is 1. The first-order valence-corrected chi connectivity index (χ1v) is 9.07. The second-order valence-corrected chi connectivity index (χ2v) is 6.64. The minimum atomic E-state index is -0.531. The van der Waals surface area contributed by atoms with Crippen molar-refractivity contribution in [3.05, 3.63) is 69.1 Å². The van der Waals surface area contributed by atoms with Crippen molar-refractivity contribution < 1.29 is 24.0 Å². The lowest BCUT2D eigenvalue weighted by molar-refractivity contribution is -0.385. The maximum atomic E-state index is 12.5. The van der Waals surface area contributed by atoms with Crippen LogP contribution in [0.4, 0.5) is 10.5 Å². The van der Waals surface area contributed by atoms with Crippen LogP contribution in [0, 0.1) is 10.1 Å². The van der Waals surface area contributed by atoms with Crippen molar-refractivity contribution in [2.75, 3.05) is 20.3 Å². The van der Waals surface area contributed by atoms with Gasteiger partial charge in [-0.25, -0.2) is 0 Å². The van der Waals surface area contributed by atoms with Gasteiger partial charge in [-0.05, 0) is 36.0 Å². The van der Waals surface area contributed by atoms with Crippen LogP contribution < -0.4 is 9.47 Å². The summed E-state index contributed by atoms with van der Waals surface area (Å²) < 4.78 is 10.8. The fourth-order valence-corrected chi connectivity index (χ4v) is 3.45. The van der Waals surface area contributed by atoms with Gasteiger partial charge in [0, 0.05) is 6.07 Å². The highest BCUT2D eigenvalue weighted by Gasteiger charge is 2.35. The number of hydrogen-bond donors (Lipinski definition) is 0. The van der Waals surface area contributed by atoms with E-state index in [0.717, 1.165) is 16.7 Å². The summed E-state index contributed by atoms with van der Waals surface area (Å²) in [5.41, 5.74) is 0.136. The number of rotatable bonds is 7. The quantitative estimate of drug-likeness (QED) is 0.397. The van der Waals surface area contributed by atoms with Crippen molar-refractivity contribution in [2.24, 2.45) is 0 Å². The van der Waals surface area contributed by atoms with Crippen LogP contribution in [0.15, 0.2) is 53.4 Å². The molecule has 28 heavy (non-hydrogen) atoms. The summed E-state index contributed by atoms with van der Waals surface area (Å²) in [5.74, 6) is 0.553. The zero-order valence-corrected chi connectivity index (χ0v) is 15.7. The average molecular weight is 400 g/mol. The molecule has 0 spiro atoms. The SMILES string of the molecule is COc1ccccc1OCCN1C(=O)S/C(=C\c2ccccc2[N+](=O)[O-])C1=O. The molecular weight excluding hydrogens is 384 g/mol. The number of carbonyl (C=O) groups excluding carboxylic acids is 2. The van der Waals surface area contributed by atoms with E-state index in [1.165, 1.54) is 31.4 Å². The molecule has 1 aliphatic heterocycles. The number of thioether (sulfide) groups is 1. The number of nitro benzene ring substituents is 1. The van der Waals surface area contributed by atoms with Crippen LogP contribution in [0.25, 0.3) is 6.08 Å². The second kappa shape index (κ2) is 8.57. The maximum Gasteiger partial charge on any atom is 0.293 e. The van der Waals surface area contributed by atoms with E-state index < -0.39 is 16.1 Å². The molecule has 2 aromatic carbocycles. The molecule has 0 aliphatic carbocycles. The minimum Gasteiger partial charge on any atom is -0.493 e. The molecule has 9 heteroatoms. The first-order valence-electron chi connectivity index (χ1n) is 8.26. The van der Waals surface area contributed by atoms with Crippen LogP contribution in [0.2, 0.25) is 0 Å². The predicted molar refractivity (Wildman–Crippen MR) is 104 cm³/mol.